The van der Waals surface area contributed by atoms with E-state index in [9.17, 15) is 4.79 Å². The van der Waals surface area contributed by atoms with Gasteiger partial charge < -0.3 is 20.1 Å². The minimum absolute atomic E-state index is 0.150. The number of carbonyl (C=O) groups is 1. The van der Waals surface area contributed by atoms with Crippen molar-refractivity contribution in [1.82, 2.24) is 5.32 Å². The molecule has 0 saturated carbocycles. The number of nitrogens with one attached hydrogen (secondary N) is 1. The highest BCUT2D eigenvalue weighted by molar-refractivity contribution is 6.30. The first-order valence-corrected chi connectivity index (χ1v) is 7.65. The van der Waals surface area contributed by atoms with Gasteiger partial charge in [-0.2, -0.15) is 0 Å². The molecule has 2 aromatic carbocycles. The van der Waals surface area contributed by atoms with Gasteiger partial charge in [-0.05, 0) is 35.0 Å². The molecule has 130 valence electrons. The zero-order chi connectivity index (χ0) is 17.9. The quantitative estimate of drug-likeness (QED) is 0.358. The first kappa shape index (κ1) is 18.3. The van der Waals surface area contributed by atoms with Crippen LogP contribution in [0.5, 0.6) is 5.75 Å². The number of ether oxygens (including phenoxy) is 1. The molecule has 25 heavy (non-hydrogen) atoms. The van der Waals surface area contributed by atoms with Crippen LogP contribution < -0.4 is 10.1 Å². The Bertz CT molecular complexity index is 716. The molecule has 0 fully saturated rings. The molecule has 1 atom stereocenters. The van der Waals surface area contributed by atoms with E-state index in [1.807, 2.05) is 30.3 Å². The summed E-state index contributed by atoms with van der Waals surface area (Å²) in [6.07, 6.45) is 2.31. The lowest BCUT2D eigenvalue weighted by Crippen LogP contribution is -2.31. The van der Waals surface area contributed by atoms with Crippen molar-refractivity contribution in [3.63, 3.8) is 0 Å². The van der Waals surface area contributed by atoms with Gasteiger partial charge in [-0.3, -0.25) is 4.79 Å². The summed E-state index contributed by atoms with van der Waals surface area (Å²) < 4.78 is 5.65. The Morgan fingerprint density at radius 1 is 1.28 bits per heavy atom. The molecule has 0 saturated heterocycles. The normalized spacial score (nSPS) is 12.5. The van der Waals surface area contributed by atoms with Crippen molar-refractivity contribution in [1.29, 1.82) is 0 Å². The number of benzene rings is 2. The molecule has 7 nitrogen and oxygen atoms in total. The summed E-state index contributed by atoms with van der Waals surface area (Å²) in [7, 11) is 0. The van der Waals surface area contributed by atoms with E-state index in [1.54, 1.807) is 24.3 Å². The lowest BCUT2D eigenvalue weighted by molar-refractivity contribution is -0.121. The molecular weight excluding hydrogens is 346 g/mol. The van der Waals surface area contributed by atoms with E-state index in [-0.39, 0.29) is 12.5 Å². The van der Waals surface area contributed by atoms with Gasteiger partial charge in [0, 0.05) is 5.02 Å². The summed E-state index contributed by atoms with van der Waals surface area (Å²) in [6, 6.07) is 16.1. The smallest absolute Gasteiger partial charge is 0.249 e. The number of carbonyl (C=O) groups excluding carboxylic acids is 1. The van der Waals surface area contributed by atoms with Crippen LogP contribution in [0.15, 0.2) is 64.9 Å². The topological polar surface area (TPSA) is 95.8 Å². The van der Waals surface area contributed by atoms with E-state index in [1.165, 1.54) is 6.40 Å². The van der Waals surface area contributed by atoms with Gasteiger partial charge in [-0.1, -0.05) is 47.1 Å². The van der Waals surface area contributed by atoms with Crippen LogP contribution in [0.2, 0.25) is 5.02 Å². The molecule has 1 aliphatic rings. The molecule has 1 heterocycles. The van der Waals surface area contributed by atoms with Crippen LogP contribution in [0.4, 0.5) is 0 Å². The predicted octanol–water partition coefficient (Wildman–Crippen LogP) is 3.00. The molecule has 0 aliphatic carbocycles. The lowest BCUT2D eigenvalue weighted by Gasteiger charge is -2.16. The van der Waals surface area contributed by atoms with Crippen molar-refractivity contribution in [2.75, 3.05) is 6.61 Å². The summed E-state index contributed by atoms with van der Waals surface area (Å²) in [6.45, 7) is 0.150. The number of amides is 1. The molecule has 1 amide bonds. The molecule has 0 bridgehead atoms. The monoisotopic (exact) mass is 361 g/mol. The standard InChI is InChI=1S/C16H15ClN2O3.CHNO/c17-13-6-8-14(9-7-13)22-10-15(16(20)18-11-19-21)12-4-2-1-3-5-12;1-2-3-1/h1-9,11,15,21H,10H2,(H,18,19,20);1H. The van der Waals surface area contributed by atoms with Crippen LogP contribution in [0, 0.1) is 0 Å². The SMILES string of the molecule is C1=NO1.O=C(NC=NO)C(COc1ccc(Cl)cc1)c1ccccc1. The van der Waals surface area contributed by atoms with E-state index in [4.69, 9.17) is 21.5 Å². The van der Waals surface area contributed by atoms with Gasteiger partial charge >= 0.3 is 0 Å². The van der Waals surface area contributed by atoms with Crippen LogP contribution in [-0.4, -0.2) is 30.5 Å². The second-order valence-electron chi connectivity index (χ2n) is 4.80. The molecule has 1 unspecified atom stereocenters. The van der Waals surface area contributed by atoms with E-state index in [2.05, 4.69) is 20.5 Å². The van der Waals surface area contributed by atoms with Crippen molar-refractivity contribution >= 4 is 30.2 Å². The zero-order valence-corrected chi connectivity index (χ0v) is 13.8. The Hall–Kier alpha value is -3.06. The Balaban J connectivity index is 0.000000676. The number of rotatable bonds is 6. The molecule has 0 radical (unpaired) electrons. The van der Waals surface area contributed by atoms with Gasteiger partial charge in [0.1, 0.15) is 18.7 Å². The molecular formula is C17H16ClN3O4. The van der Waals surface area contributed by atoms with Crippen molar-refractivity contribution in [2.24, 2.45) is 10.3 Å². The van der Waals surface area contributed by atoms with Gasteiger partial charge in [-0.15, -0.1) is 0 Å². The highest BCUT2D eigenvalue weighted by Crippen LogP contribution is 2.20. The maximum atomic E-state index is 12.2. The van der Waals surface area contributed by atoms with Crippen molar-refractivity contribution < 1.29 is 19.6 Å². The Morgan fingerprint density at radius 2 is 1.92 bits per heavy atom. The molecule has 3 rings (SSSR count). The minimum atomic E-state index is -0.533. The van der Waals surface area contributed by atoms with Crippen LogP contribution in [0.3, 0.4) is 0 Å². The highest BCUT2D eigenvalue weighted by Gasteiger charge is 2.21. The van der Waals surface area contributed by atoms with Gasteiger partial charge in [-0.25, -0.2) is 0 Å². The van der Waals surface area contributed by atoms with E-state index >= 15 is 0 Å². The number of oxime groups is 2. The Labute approximate surface area is 149 Å². The summed E-state index contributed by atoms with van der Waals surface area (Å²) in [5.41, 5.74) is 0.806. The third-order valence-corrected chi connectivity index (χ3v) is 3.37. The van der Waals surface area contributed by atoms with Crippen LogP contribution in [0.1, 0.15) is 11.5 Å². The number of halogens is 1. The first-order chi connectivity index (χ1) is 12.2. The second-order valence-corrected chi connectivity index (χ2v) is 5.23. The number of hydrogen-bond acceptors (Lipinski definition) is 6. The summed E-state index contributed by atoms with van der Waals surface area (Å²) in [5.74, 6) is -0.234. The van der Waals surface area contributed by atoms with Gasteiger partial charge in [0.15, 0.2) is 0 Å². The van der Waals surface area contributed by atoms with Crippen LogP contribution in [-0.2, 0) is 9.63 Å². The molecule has 0 aromatic heterocycles. The van der Waals surface area contributed by atoms with Crippen molar-refractivity contribution in [3.8, 4) is 5.75 Å². The average Bonchev–Trinajstić information content (AvgIpc) is 3.52. The van der Waals surface area contributed by atoms with Gasteiger partial charge in [0.05, 0.1) is 5.92 Å². The lowest BCUT2D eigenvalue weighted by atomic mass is 9.99. The maximum Gasteiger partial charge on any atom is 0.249 e. The third kappa shape index (κ3) is 6.92. The Kier molecular flexibility index (Phi) is 7.27. The summed E-state index contributed by atoms with van der Waals surface area (Å²) in [4.78, 5) is 16.2. The van der Waals surface area contributed by atoms with Crippen LogP contribution in [0.25, 0.3) is 0 Å². The summed E-state index contributed by atoms with van der Waals surface area (Å²) in [5, 5.41) is 17.3. The first-order valence-electron chi connectivity index (χ1n) is 7.28. The third-order valence-electron chi connectivity index (χ3n) is 3.12. The molecule has 2 aromatic rings. The predicted molar refractivity (Wildman–Crippen MR) is 94.1 cm³/mol. The fourth-order valence-corrected chi connectivity index (χ4v) is 2.04. The zero-order valence-electron chi connectivity index (χ0n) is 13.1. The fraction of sp³-hybridized carbons (Fsp3) is 0.118. The molecule has 2 N–H and O–H groups in total. The maximum absolute atomic E-state index is 12.2. The van der Waals surface area contributed by atoms with Crippen LogP contribution >= 0.6 is 11.6 Å². The number of hydrogen-bond donors (Lipinski definition) is 2. The highest BCUT2D eigenvalue weighted by atomic mass is 35.5. The summed E-state index contributed by atoms with van der Waals surface area (Å²) >= 11 is 5.82. The molecule has 8 heteroatoms. The molecule has 0 spiro atoms. The Morgan fingerprint density at radius 3 is 2.48 bits per heavy atom. The second kappa shape index (κ2) is 9.94. The van der Waals surface area contributed by atoms with E-state index < -0.39 is 5.92 Å². The average molecular weight is 362 g/mol. The largest absolute Gasteiger partial charge is 0.492 e. The van der Waals surface area contributed by atoms with E-state index in [0.29, 0.717) is 10.8 Å². The number of nitrogens with zero attached hydrogens (tertiary/aromatic N) is 2. The molecule has 1 aliphatic heterocycles. The fourth-order valence-electron chi connectivity index (χ4n) is 1.91. The van der Waals surface area contributed by atoms with Crippen molar-refractivity contribution in [3.05, 3.63) is 65.2 Å². The van der Waals surface area contributed by atoms with Gasteiger partial charge in [0.2, 0.25) is 12.3 Å². The van der Waals surface area contributed by atoms with E-state index in [0.717, 1.165) is 11.9 Å². The minimum Gasteiger partial charge on any atom is -0.492 e. The van der Waals surface area contributed by atoms with Gasteiger partial charge in [0.25, 0.3) is 0 Å². The van der Waals surface area contributed by atoms with Crippen molar-refractivity contribution in [2.45, 2.75) is 5.92 Å².